The molecule has 0 saturated heterocycles. The molecule has 0 saturated carbocycles. The van der Waals surface area contributed by atoms with E-state index in [9.17, 15) is 22.5 Å². The van der Waals surface area contributed by atoms with Crippen LogP contribution < -0.4 is 0 Å². The highest BCUT2D eigenvalue weighted by Crippen LogP contribution is 2.16. The maximum Gasteiger partial charge on any atom is 0.549 e. The molecular formula is C8H5BF3O2-. The van der Waals surface area contributed by atoms with E-state index in [1.807, 2.05) is 0 Å². The lowest BCUT2D eigenvalue weighted by molar-refractivity contribution is 0.102. The molecule has 1 aromatic rings. The number of aldehydes is 1. The second-order valence-corrected chi connectivity index (χ2v) is 2.68. The van der Waals surface area contributed by atoms with E-state index in [-0.39, 0.29) is 5.56 Å². The predicted octanol–water partition coefficient (Wildman–Crippen LogP) is 2.07. The first kappa shape index (κ1) is 10.5. The van der Waals surface area contributed by atoms with Crippen molar-refractivity contribution in [3.05, 3.63) is 35.4 Å². The van der Waals surface area contributed by atoms with Crippen molar-refractivity contribution in [2.75, 3.05) is 0 Å². The van der Waals surface area contributed by atoms with Gasteiger partial charge in [-0.2, -0.15) is 0 Å². The molecule has 74 valence electrons. The molecule has 1 rings (SSSR count). The number of hydrogen-bond acceptors (Lipinski definition) is 2. The second-order valence-electron chi connectivity index (χ2n) is 2.68. The summed E-state index contributed by atoms with van der Waals surface area (Å²) >= 11 is 0. The van der Waals surface area contributed by atoms with Gasteiger partial charge in [-0.1, -0.05) is 24.3 Å². The van der Waals surface area contributed by atoms with E-state index in [4.69, 9.17) is 0 Å². The normalized spacial score (nSPS) is 11.1. The Kier molecular flexibility index (Phi) is 2.74. The van der Waals surface area contributed by atoms with Crippen LogP contribution in [0.3, 0.4) is 0 Å². The Morgan fingerprint density at radius 1 is 1.14 bits per heavy atom. The summed E-state index contributed by atoms with van der Waals surface area (Å²) in [5.74, 6) is 0. The number of carbonyl (C=O) groups is 2. The summed E-state index contributed by atoms with van der Waals surface area (Å²) in [4.78, 5) is 20.9. The quantitative estimate of drug-likeness (QED) is 0.553. The fourth-order valence-electron chi connectivity index (χ4n) is 0.915. The fourth-order valence-corrected chi connectivity index (χ4v) is 0.915. The van der Waals surface area contributed by atoms with Crippen LogP contribution in [0.25, 0.3) is 0 Å². The minimum atomic E-state index is -5.50. The van der Waals surface area contributed by atoms with E-state index in [2.05, 4.69) is 0 Å². The lowest BCUT2D eigenvalue weighted by Gasteiger charge is -2.12. The van der Waals surface area contributed by atoms with Gasteiger partial charge in [-0.25, -0.2) is 0 Å². The topological polar surface area (TPSA) is 34.1 Å². The third-order valence-electron chi connectivity index (χ3n) is 1.63. The van der Waals surface area contributed by atoms with Crippen LogP contribution in [0.4, 0.5) is 12.9 Å². The molecule has 0 radical (unpaired) electrons. The molecule has 0 aliphatic carbocycles. The molecule has 0 N–H and O–H groups in total. The molecule has 1 aromatic carbocycles. The smallest absolute Gasteiger partial charge is 0.443 e. The Balaban J connectivity index is 2.98. The molecule has 0 heterocycles. The first-order valence-corrected chi connectivity index (χ1v) is 3.74. The van der Waals surface area contributed by atoms with Crippen LogP contribution in [0, 0.1) is 0 Å². The van der Waals surface area contributed by atoms with Gasteiger partial charge >= 0.3 is 6.98 Å². The van der Waals surface area contributed by atoms with E-state index in [0.29, 0.717) is 6.29 Å². The van der Waals surface area contributed by atoms with Gasteiger partial charge in [0.2, 0.25) is 0 Å². The average molecular weight is 201 g/mol. The highest BCUT2D eigenvalue weighted by molar-refractivity contribution is 6.93. The Morgan fingerprint density at radius 2 is 1.64 bits per heavy atom. The molecule has 0 aliphatic heterocycles. The molecule has 0 spiro atoms. The minimum Gasteiger partial charge on any atom is -0.443 e. The maximum atomic E-state index is 12.0. The first-order chi connectivity index (χ1) is 6.45. The summed E-state index contributed by atoms with van der Waals surface area (Å²) in [6, 6.07) is 4.31. The van der Waals surface area contributed by atoms with Crippen LogP contribution in [0.15, 0.2) is 24.3 Å². The highest BCUT2D eigenvalue weighted by atomic mass is 19.4. The van der Waals surface area contributed by atoms with Crippen LogP contribution in [-0.4, -0.2) is 18.9 Å². The van der Waals surface area contributed by atoms with E-state index >= 15 is 0 Å². The van der Waals surface area contributed by atoms with Gasteiger partial charge in [-0.15, -0.1) is 0 Å². The highest BCUT2D eigenvalue weighted by Gasteiger charge is 2.33. The van der Waals surface area contributed by atoms with Gasteiger partial charge in [0.1, 0.15) is 12.0 Å². The van der Waals surface area contributed by atoms with E-state index in [0.717, 1.165) is 12.1 Å². The van der Waals surface area contributed by atoms with Gasteiger partial charge in [0, 0.05) is 5.56 Å². The standard InChI is InChI=1S/C8H5BF3O2/c10-9(11,12)8(14)7-3-1-6(5-13)2-4-7/h1-5H/q-1. The zero-order chi connectivity index (χ0) is 10.8. The van der Waals surface area contributed by atoms with Gasteiger partial charge in [0.25, 0.3) is 0 Å². The molecule has 0 atom stereocenters. The Hall–Kier alpha value is -1.59. The van der Waals surface area contributed by atoms with Gasteiger partial charge < -0.3 is 17.7 Å². The molecule has 0 unspecified atom stereocenters. The molecule has 14 heavy (non-hydrogen) atoms. The van der Waals surface area contributed by atoms with Crippen LogP contribution in [0.2, 0.25) is 0 Å². The maximum absolute atomic E-state index is 12.0. The molecule has 6 heteroatoms. The summed E-state index contributed by atoms with van der Waals surface area (Å²) in [5, 5.41) is 0. The van der Waals surface area contributed by atoms with Crippen molar-refractivity contribution >= 4 is 18.9 Å². The zero-order valence-electron chi connectivity index (χ0n) is 6.91. The third kappa shape index (κ3) is 2.22. The molecule has 0 aliphatic rings. The number of rotatable bonds is 3. The minimum absolute atomic E-state index is 0.233. The largest absolute Gasteiger partial charge is 0.549 e. The summed E-state index contributed by atoms with van der Waals surface area (Å²) in [6.45, 7) is -5.50. The van der Waals surface area contributed by atoms with Crippen molar-refractivity contribution in [2.24, 2.45) is 0 Å². The lowest BCUT2D eigenvalue weighted by Crippen LogP contribution is -2.29. The van der Waals surface area contributed by atoms with Gasteiger partial charge in [-0.05, 0) is 5.56 Å². The van der Waals surface area contributed by atoms with Crippen molar-refractivity contribution in [1.29, 1.82) is 0 Å². The lowest BCUT2D eigenvalue weighted by atomic mass is 9.80. The zero-order valence-corrected chi connectivity index (χ0v) is 6.91. The Morgan fingerprint density at radius 3 is 2.00 bits per heavy atom. The molecular weight excluding hydrogens is 196 g/mol. The van der Waals surface area contributed by atoms with E-state index < -0.39 is 18.2 Å². The first-order valence-electron chi connectivity index (χ1n) is 3.74. The van der Waals surface area contributed by atoms with Crippen molar-refractivity contribution in [1.82, 2.24) is 0 Å². The fraction of sp³-hybridized carbons (Fsp3) is 0. The number of halogens is 3. The van der Waals surface area contributed by atoms with Crippen molar-refractivity contribution in [3.63, 3.8) is 0 Å². The molecule has 0 bridgehead atoms. The molecule has 0 aromatic heterocycles. The predicted molar refractivity (Wildman–Crippen MR) is 45.2 cm³/mol. The summed E-state index contributed by atoms with van der Waals surface area (Å²) in [6.07, 6.45) is 0.493. The number of hydrogen-bond donors (Lipinski definition) is 0. The summed E-state index contributed by atoms with van der Waals surface area (Å²) in [5.41, 5.74) is -2.05. The SMILES string of the molecule is O=Cc1ccc(C(=O)[B-](F)(F)F)cc1. The van der Waals surface area contributed by atoms with Gasteiger partial charge in [0.05, 0.1) is 0 Å². The Bertz CT molecular complexity index is 356. The molecule has 0 fully saturated rings. The second kappa shape index (κ2) is 3.65. The number of carbonyl (C=O) groups excluding carboxylic acids is 2. The van der Waals surface area contributed by atoms with Gasteiger partial charge in [0.15, 0.2) is 0 Å². The monoisotopic (exact) mass is 201 g/mol. The van der Waals surface area contributed by atoms with Crippen LogP contribution >= 0.6 is 0 Å². The average Bonchev–Trinajstić information content (AvgIpc) is 2.15. The van der Waals surface area contributed by atoms with Crippen molar-refractivity contribution < 1.29 is 22.5 Å². The summed E-state index contributed by atoms with van der Waals surface area (Å²) < 4.78 is 35.9. The van der Waals surface area contributed by atoms with Crippen molar-refractivity contribution in [3.8, 4) is 0 Å². The third-order valence-corrected chi connectivity index (χ3v) is 1.63. The summed E-state index contributed by atoms with van der Waals surface area (Å²) in [7, 11) is 0. The van der Waals surface area contributed by atoms with Crippen LogP contribution in [0.5, 0.6) is 0 Å². The Labute approximate surface area is 77.8 Å². The van der Waals surface area contributed by atoms with E-state index in [1.165, 1.54) is 12.1 Å². The van der Waals surface area contributed by atoms with Crippen LogP contribution in [0.1, 0.15) is 20.7 Å². The molecule has 0 amide bonds. The van der Waals surface area contributed by atoms with Gasteiger partial charge in [-0.3, -0.25) is 4.79 Å². The van der Waals surface area contributed by atoms with Crippen molar-refractivity contribution in [2.45, 2.75) is 0 Å². The van der Waals surface area contributed by atoms with Crippen LogP contribution in [-0.2, 0) is 0 Å². The number of benzene rings is 1. The molecule has 2 nitrogen and oxygen atoms in total. The van der Waals surface area contributed by atoms with E-state index in [1.54, 1.807) is 0 Å².